The van der Waals surface area contributed by atoms with Gasteiger partial charge in [-0.25, -0.2) is 4.98 Å². The Morgan fingerprint density at radius 2 is 2.00 bits per heavy atom. The fourth-order valence-corrected chi connectivity index (χ4v) is 3.07. The number of aromatic nitrogens is 2. The highest BCUT2D eigenvalue weighted by molar-refractivity contribution is 6.30. The standard InChI is InChI=1S/C22H22ClN3O2/c1-15-4-10-19(28-3)17(14-15)7-11-20(27)25-21(22-24-12-13-26(22)2)16-5-8-18(23)9-6-16/h4-14,21H,1-3H3,(H,25,27)/b11-7+. The van der Waals surface area contributed by atoms with Gasteiger partial charge in [-0.2, -0.15) is 0 Å². The minimum atomic E-state index is -0.395. The van der Waals surface area contributed by atoms with Gasteiger partial charge in [-0.3, -0.25) is 4.79 Å². The molecule has 1 aromatic heterocycles. The van der Waals surface area contributed by atoms with Gasteiger partial charge in [-0.05, 0) is 42.8 Å². The summed E-state index contributed by atoms with van der Waals surface area (Å²) in [5.41, 5.74) is 2.83. The predicted molar refractivity (Wildman–Crippen MR) is 111 cm³/mol. The van der Waals surface area contributed by atoms with Gasteiger partial charge in [0, 0.05) is 36.1 Å². The van der Waals surface area contributed by atoms with E-state index in [0.29, 0.717) is 10.8 Å². The summed E-state index contributed by atoms with van der Waals surface area (Å²) in [7, 11) is 3.50. The zero-order valence-corrected chi connectivity index (χ0v) is 16.8. The first-order valence-electron chi connectivity index (χ1n) is 8.84. The number of imidazole rings is 1. The lowest BCUT2D eigenvalue weighted by atomic mass is 10.1. The van der Waals surface area contributed by atoms with Crippen LogP contribution in [0.5, 0.6) is 5.75 Å². The third-order valence-corrected chi connectivity index (χ3v) is 4.66. The Labute approximate surface area is 169 Å². The number of nitrogens with one attached hydrogen (secondary N) is 1. The van der Waals surface area contributed by atoms with Crippen molar-refractivity contribution in [1.82, 2.24) is 14.9 Å². The molecular weight excluding hydrogens is 374 g/mol. The van der Waals surface area contributed by atoms with E-state index in [1.54, 1.807) is 31.5 Å². The van der Waals surface area contributed by atoms with E-state index in [1.807, 2.05) is 55.1 Å². The topological polar surface area (TPSA) is 56.1 Å². The Balaban J connectivity index is 1.85. The highest BCUT2D eigenvalue weighted by atomic mass is 35.5. The van der Waals surface area contributed by atoms with Crippen molar-refractivity contribution in [2.24, 2.45) is 7.05 Å². The molecule has 1 N–H and O–H groups in total. The van der Waals surface area contributed by atoms with E-state index in [4.69, 9.17) is 16.3 Å². The van der Waals surface area contributed by atoms with Crippen LogP contribution in [0.15, 0.2) is 60.9 Å². The van der Waals surface area contributed by atoms with Gasteiger partial charge in [0.2, 0.25) is 5.91 Å². The van der Waals surface area contributed by atoms with Gasteiger partial charge >= 0.3 is 0 Å². The number of rotatable bonds is 6. The molecule has 0 fully saturated rings. The Hall–Kier alpha value is -3.05. The third kappa shape index (κ3) is 4.61. The quantitative estimate of drug-likeness (QED) is 0.633. The Bertz CT molecular complexity index is 993. The summed E-state index contributed by atoms with van der Waals surface area (Å²) in [6.45, 7) is 1.99. The molecule has 0 aliphatic heterocycles. The van der Waals surface area contributed by atoms with Crippen molar-refractivity contribution < 1.29 is 9.53 Å². The molecule has 6 heteroatoms. The smallest absolute Gasteiger partial charge is 0.244 e. The average Bonchev–Trinajstić information content (AvgIpc) is 3.11. The van der Waals surface area contributed by atoms with Crippen LogP contribution in [0.25, 0.3) is 6.08 Å². The Morgan fingerprint density at radius 1 is 1.25 bits per heavy atom. The first-order chi connectivity index (χ1) is 13.5. The van der Waals surface area contributed by atoms with Gasteiger partial charge in [-0.1, -0.05) is 35.4 Å². The van der Waals surface area contributed by atoms with Crippen molar-refractivity contribution in [2.45, 2.75) is 13.0 Å². The summed E-state index contributed by atoms with van der Waals surface area (Å²) in [6, 6.07) is 12.8. The molecule has 0 aliphatic carbocycles. The number of methoxy groups -OCH3 is 1. The van der Waals surface area contributed by atoms with Crippen LogP contribution >= 0.6 is 11.6 Å². The van der Waals surface area contributed by atoms with E-state index in [0.717, 1.165) is 22.5 Å². The predicted octanol–water partition coefficient (Wildman–Crippen LogP) is 4.31. The lowest BCUT2D eigenvalue weighted by Gasteiger charge is -2.18. The van der Waals surface area contributed by atoms with E-state index in [1.165, 1.54) is 6.08 Å². The zero-order valence-electron chi connectivity index (χ0n) is 16.0. The summed E-state index contributed by atoms with van der Waals surface area (Å²) in [6.07, 6.45) is 6.80. The lowest BCUT2D eigenvalue weighted by Crippen LogP contribution is -2.29. The van der Waals surface area contributed by atoms with Crippen molar-refractivity contribution in [2.75, 3.05) is 7.11 Å². The number of amides is 1. The molecule has 1 unspecified atom stereocenters. The molecule has 0 radical (unpaired) electrons. The number of hydrogen-bond donors (Lipinski definition) is 1. The Morgan fingerprint density at radius 3 is 2.64 bits per heavy atom. The molecular formula is C22H22ClN3O2. The van der Waals surface area contributed by atoms with Gasteiger partial charge < -0.3 is 14.6 Å². The normalized spacial score (nSPS) is 12.1. The van der Waals surface area contributed by atoms with Crippen LogP contribution in [0.1, 0.15) is 28.6 Å². The number of benzene rings is 2. The second-order valence-corrected chi connectivity index (χ2v) is 6.90. The summed E-state index contributed by atoms with van der Waals surface area (Å²) in [4.78, 5) is 17.1. The fourth-order valence-electron chi connectivity index (χ4n) is 2.95. The molecule has 0 saturated carbocycles. The van der Waals surface area contributed by atoms with Crippen molar-refractivity contribution in [1.29, 1.82) is 0 Å². The van der Waals surface area contributed by atoms with E-state index in [-0.39, 0.29) is 5.91 Å². The number of ether oxygens (including phenoxy) is 1. The summed E-state index contributed by atoms with van der Waals surface area (Å²) >= 11 is 6.01. The molecule has 5 nitrogen and oxygen atoms in total. The highest BCUT2D eigenvalue weighted by Gasteiger charge is 2.19. The molecule has 0 bridgehead atoms. The van der Waals surface area contributed by atoms with Crippen LogP contribution in [0.4, 0.5) is 0 Å². The van der Waals surface area contributed by atoms with E-state index < -0.39 is 6.04 Å². The zero-order chi connectivity index (χ0) is 20.1. The van der Waals surface area contributed by atoms with Gasteiger partial charge in [0.25, 0.3) is 0 Å². The van der Waals surface area contributed by atoms with Crippen molar-refractivity contribution in [3.63, 3.8) is 0 Å². The van der Waals surface area contributed by atoms with E-state index >= 15 is 0 Å². The van der Waals surface area contributed by atoms with Crippen molar-refractivity contribution in [3.05, 3.63) is 88.5 Å². The number of carbonyl (C=O) groups excluding carboxylic acids is 1. The molecule has 2 aromatic carbocycles. The second kappa shape index (κ2) is 8.76. The number of aryl methyl sites for hydroxylation is 2. The number of carbonyl (C=O) groups is 1. The van der Waals surface area contributed by atoms with Crippen molar-refractivity contribution >= 4 is 23.6 Å². The van der Waals surface area contributed by atoms with Crippen LogP contribution in [0.3, 0.4) is 0 Å². The van der Waals surface area contributed by atoms with Crippen LogP contribution < -0.4 is 10.1 Å². The summed E-state index contributed by atoms with van der Waals surface area (Å²) < 4.78 is 7.24. The maximum atomic E-state index is 12.7. The molecule has 3 aromatic rings. The van der Waals surface area contributed by atoms with Crippen LogP contribution in [-0.2, 0) is 11.8 Å². The molecule has 0 aliphatic rings. The number of nitrogens with zero attached hydrogens (tertiary/aromatic N) is 2. The summed E-state index contributed by atoms with van der Waals surface area (Å²) in [5.74, 6) is 1.22. The lowest BCUT2D eigenvalue weighted by molar-refractivity contribution is -0.117. The van der Waals surface area contributed by atoms with Gasteiger partial charge in [-0.15, -0.1) is 0 Å². The fraction of sp³-hybridized carbons (Fsp3) is 0.182. The monoisotopic (exact) mass is 395 g/mol. The molecule has 144 valence electrons. The van der Waals surface area contributed by atoms with Gasteiger partial charge in [0.15, 0.2) is 0 Å². The van der Waals surface area contributed by atoms with Gasteiger partial charge in [0.05, 0.1) is 7.11 Å². The molecule has 1 atom stereocenters. The van der Waals surface area contributed by atoms with Gasteiger partial charge in [0.1, 0.15) is 17.6 Å². The molecule has 0 saturated heterocycles. The number of halogens is 1. The molecule has 1 amide bonds. The molecule has 1 heterocycles. The molecule has 3 rings (SSSR count). The minimum absolute atomic E-state index is 0.230. The minimum Gasteiger partial charge on any atom is -0.496 e. The highest BCUT2D eigenvalue weighted by Crippen LogP contribution is 2.23. The largest absolute Gasteiger partial charge is 0.496 e. The maximum Gasteiger partial charge on any atom is 0.244 e. The average molecular weight is 396 g/mol. The molecule has 28 heavy (non-hydrogen) atoms. The second-order valence-electron chi connectivity index (χ2n) is 6.47. The first kappa shape index (κ1) is 19.7. The van der Waals surface area contributed by atoms with Crippen molar-refractivity contribution in [3.8, 4) is 5.75 Å². The summed E-state index contributed by atoms with van der Waals surface area (Å²) in [5, 5.41) is 3.66. The van der Waals surface area contributed by atoms with Crippen LogP contribution in [-0.4, -0.2) is 22.6 Å². The Kier molecular flexibility index (Phi) is 6.16. The molecule has 0 spiro atoms. The maximum absolute atomic E-state index is 12.7. The van der Waals surface area contributed by atoms with Crippen LogP contribution in [0, 0.1) is 6.92 Å². The SMILES string of the molecule is COc1ccc(C)cc1/C=C/C(=O)NC(c1ccc(Cl)cc1)c1nccn1C. The number of hydrogen-bond acceptors (Lipinski definition) is 3. The van der Waals surface area contributed by atoms with Crippen LogP contribution in [0.2, 0.25) is 5.02 Å². The van der Waals surface area contributed by atoms with E-state index in [9.17, 15) is 4.79 Å². The third-order valence-electron chi connectivity index (χ3n) is 4.41. The first-order valence-corrected chi connectivity index (χ1v) is 9.21. The van der Waals surface area contributed by atoms with E-state index in [2.05, 4.69) is 10.3 Å².